The second-order valence-corrected chi connectivity index (χ2v) is 6.25. The summed E-state index contributed by atoms with van der Waals surface area (Å²) in [5.41, 5.74) is 2.95. The summed E-state index contributed by atoms with van der Waals surface area (Å²) >= 11 is 3.88. The van der Waals surface area contributed by atoms with Gasteiger partial charge >= 0.3 is 0 Å². The molecule has 0 aromatic carbocycles. The predicted molar refractivity (Wildman–Crippen MR) is 62.1 cm³/mol. The highest BCUT2D eigenvalue weighted by atomic mass is 32.2. The van der Waals surface area contributed by atoms with E-state index in [0.717, 1.165) is 0 Å². The normalized spacial score (nSPS) is 24.0. The Hall–Kier alpha value is -0.470. The quantitative estimate of drug-likeness (QED) is 0.620. The number of aryl methyl sites for hydroxylation is 1. The largest absolute Gasteiger partial charge is 0.141 e. The molecule has 2 heterocycles. The number of fused-ring (bicyclic) bond motifs is 3. The fourth-order valence-corrected chi connectivity index (χ4v) is 4.07. The lowest BCUT2D eigenvalue weighted by Gasteiger charge is -1.94. The maximum atomic E-state index is 2.38. The van der Waals surface area contributed by atoms with Crippen LogP contribution in [0.3, 0.4) is 0 Å². The van der Waals surface area contributed by atoms with Gasteiger partial charge < -0.3 is 0 Å². The van der Waals surface area contributed by atoms with Crippen molar-refractivity contribution in [3.63, 3.8) is 0 Å². The van der Waals surface area contributed by atoms with E-state index in [1.165, 1.54) is 25.8 Å². The second-order valence-electron chi connectivity index (χ2n) is 3.55. The van der Waals surface area contributed by atoms with Crippen molar-refractivity contribution in [1.82, 2.24) is 0 Å². The third-order valence-corrected chi connectivity index (χ3v) is 4.51. The van der Waals surface area contributed by atoms with Crippen LogP contribution < -0.4 is 0 Å². The van der Waals surface area contributed by atoms with Crippen molar-refractivity contribution in [2.75, 3.05) is 0 Å². The highest BCUT2D eigenvalue weighted by Crippen LogP contribution is 2.50. The Labute approximate surface area is 86.4 Å². The van der Waals surface area contributed by atoms with Crippen LogP contribution in [0.4, 0.5) is 0 Å². The van der Waals surface area contributed by atoms with Gasteiger partial charge in [0.2, 0.25) is 0 Å². The molecule has 2 heteroatoms. The van der Waals surface area contributed by atoms with Crippen LogP contribution in [0.5, 0.6) is 0 Å². The van der Waals surface area contributed by atoms with E-state index in [-0.39, 0.29) is 0 Å². The van der Waals surface area contributed by atoms with Crippen molar-refractivity contribution in [3.05, 3.63) is 32.4 Å². The second kappa shape index (κ2) is 2.52. The molecule has 3 rings (SSSR count). The number of rotatable bonds is 0. The van der Waals surface area contributed by atoms with Crippen LogP contribution >= 0.6 is 23.1 Å². The summed E-state index contributed by atoms with van der Waals surface area (Å²) in [4.78, 5) is 4.36. The van der Waals surface area contributed by atoms with Crippen LogP contribution in [0, 0.1) is 6.92 Å². The Bertz CT molecular complexity index is 435. The summed E-state index contributed by atoms with van der Waals surface area (Å²) in [5, 5.41) is 0.662. The third-order valence-electron chi connectivity index (χ3n) is 2.42. The molecule has 0 bridgehead atoms. The van der Waals surface area contributed by atoms with Gasteiger partial charge in [-0.15, -0.1) is 23.1 Å². The topological polar surface area (TPSA) is 0 Å². The van der Waals surface area contributed by atoms with E-state index in [1.807, 2.05) is 23.1 Å². The molecule has 13 heavy (non-hydrogen) atoms. The molecule has 1 atom stereocenters. The van der Waals surface area contributed by atoms with Gasteiger partial charge in [-0.25, -0.2) is 0 Å². The number of thiophene rings is 1. The van der Waals surface area contributed by atoms with Crippen LogP contribution in [0.15, 0.2) is 17.0 Å². The number of hydrogen-bond donors (Lipinski definition) is 0. The average molecular weight is 206 g/mol. The van der Waals surface area contributed by atoms with Gasteiger partial charge in [0.05, 0.1) is 0 Å². The van der Waals surface area contributed by atoms with Crippen molar-refractivity contribution in [3.8, 4) is 0 Å². The fraction of sp³-hybridized carbons (Fsp3) is 0.273. The van der Waals surface area contributed by atoms with Gasteiger partial charge in [0.25, 0.3) is 0 Å². The van der Waals surface area contributed by atoms with E-state index < -0.39 is 0 Å². The maximum absolute atomic E-state index is 2.38. The van der Waals surface area contributed by atoms with Crippen LogP contribution in [-0.4, -0.2) is 5.25 Å². The van der Waals surface area contributed by atoms with Crippen molar-refractivity contribution in [1.29, 1.82) is 0 Å². The first kappa shape index (κ1) is 7.89. The van der Waals surface area contributed by atoms with Gasteiger partial charge in [-0.1, -0.05) is 6.08 Å². The van der Waals surface area contributed by atoms with Crippen LogP contribution in [0.2, 0.25) is 0 Å². The minimum Gasteiger partial charge on any atom is -0.141 e. The first-order valence-electron chi connectivity index (χ1n) is 4.45. The van der Waals surface area contributed by atoms with Gasteiger partial charge in [-0.3, -0.25) is 0 Å². The van der Waals surface area contributed by atoms with Gasteiger partial charge in [0.1, 0.15) is 0 Å². The molecule has 1 aromatic rings. The molecule has 0 radical (unpaired) electrons. The highest BCUT2D eigenvalue weighted by Gasteiger charge is 2.27. The molecule has 0 amide bonds. The van der Waals surface area contributed by atoms with E-state index in [4.69, 9.17) is 0 Å². The fourth-order valence-electron chi connectivity index (χ4n) is 1.92. The Balaban J connectivity index is 2.21. The van der Waals surface area contributed by atoms with Crippen molar-refractivity contribution in [2.24, 2.45) is 0 Å². The van der Waals surface area contributed by atoms with Crippen LogP contribution in [0.25, 0.3) is 11.6 Å². The van der Waals surface area contributed by atoms with Crippen LogP contribution in [0.1, 0.15) is 22.2 Å². The van der Waals surface area contributed by atoms with Gasteiger partial charge in [-0.2, -0.15) is 0 Å². The smallest absolute Gasteiger partial charge is 0.0363 e. The molecule has 0 spiro atoms. The molecular weight excluding hydrogens is 196 g/mol. The Kier molecular flexibility index (Phi) is 1.53. The van der Waals surface area contributed by atoms with Gasteiger partial charge in [-0.05, 0) is 31.6 Å². The molecule has 1 aliphatic carbocycles. The Morgan fingerprint density at radius 2 is 2.23 bits per heavy atom. The van der Waals surface area contributed by atoms with Gasteiger partial charge in [0.15, 0.2) is 0 Å². The molecule has 0 N–H and O–H groups in total. The zero-order chi connectivity index (χ0) is 9.00. The molecule has 2 aliphatic rings. The SMILES string of the molecule is Cc1cc2c(s1)C=C1SC(C)C=C12. The third kappa shape index (κ3) is 1.05. The Morgan fingerprint density at radius 3 is 3.08 bits per heavy atom. The molecule has 66 valence electrons. The van der Waals surface area contributed by atoms with E-state index in [0.29, 0.717) is 5.25 Å². The lowest BCUT2D eigenvalue weighted by molar-refractivity contribution is 1.27. The van der Waals surface area contributed by atoms with Gasteiger partial charge in [0, 0.05) is 25.5 Å². The van der Waals surface area contributed by atoms with E-state index >= 15 is 0 Å². The lowest BCUT2D eigenvalue weighted by Crippen LogP contribution is -1.80. The summed E-state index contributed by atoms with van der Waals surface area (Å²) in [6, 6.07) is 2.31. The molecular formula is C11H10S2. The predicted octanol–water partition coefficient (Wildman–Crippen LogP) is 3.93. The number of hydrogen-bond acceptors (Lipinski definition) is 2. The summed E-state index contributed by atoms with van der Waals surface area (Å²) in [6.07, 6.45) is 4.72. The van der Waals surface area contributed by atoms with Crippen molar-refractivity contribution < 1.29 is 0 Å². The monoisotopic (exact) mass is 206 g/mol. The van der Waals surface area contributed by atoms with Crippen molar-refractivity contribution >= 4 is 34.7 Å². The zero-order valence-electron chi connectivity index (χ0n) is 7.63. The molecule has 0 fully saturated rings. The summed E-state index contributed by atoms with van der Waals surface area (Å²) < 4.78 is 0. The Morgan fingerprint density at radius 1 is 1.38 bits per heavy atom. The van der Waals surface area contributed by atoms with E-state index in [2.05, 4.69) is 32.1 Å². The number of thioether (sulfide) groups is 1. The standard InChI is InChI=1S/C11H10S2/c1-6-3-8-9-4-7(2)13-11(9)5-10(8)12-6/h3-6H,1-2H3. The average Bonchev–Trinajstić information content (AvgIpc) is 2.60. The summed E-state index contributed by atoms with van der Waals surface area (Å²) in [7, 11) is 0. The molecule has 1 aliphatic heterocycles. The number of allylic oxidation sites excluding steroid dienone is 1. The maximum Gasteiger partial charge on any atom is 0.0363 e. The van der Waals surface area contributed by atoms with Crippen molar-refractivity contribution in [2.45, 2.75) is 19.1 Å². The molecule has 0 saturated heterocycles. The van der Waals surface area contributed by atoms with Crippen LogP contribution in [-0.2, 0) is 0 Å². The lowest BCUT2D eigenvalue weighted by atomic mass is 10.1. The highest BCUT2D eigenvalue weighted by molar-refractivity contribution is 8.05. The summed E-state index contributed by atoms with van der Waals surface area (Å²) in [5.74, 6) is 0. The molecule has 1 unspecified atom stereocenters. The van der Waals surface area contributed by atoms with E-state index in [1.54, 1.807) is 0 Å². The summed E-state index contributed by atoms with van der Waals surface area (Å²) in [6.45, 7) is 4.44. The first-order valence-corrected chi connectivity index (χ1v) is 6.15. The first-order chi connectivity index (χ1) is 6.24. The molecule has 0 saturated carbocycles. The van der Waals surface area contributed by atoms with E-state index in [9.17, 15) is 0 Å². The minimum atomic E-state index is 0.662. The molecule has 1 aromatic heterocycles. The molecule has 0 nitrogen and oxygen atoms in total. The zero-order valence-corrected chi connectivity index (χ0v) is 9.26. The minimum absolute atomic E-state index is 0.662.